The molecule has 0 aliphatic rings. The van der Waals surface area contributed by atoms with Gasteiger partial charge in [0.15, 0.2) is 5.82 Å². The molecule has 2 aromatic carbocycles. The molecule has 0 unspecified atom stereocenters. The Kier molecular flexibility index (Phi) is 7.38. The molecule has 0 radical (unpaired) electrons. The van der Waals surface area contributed by atoms with Crippen molar-refractivity contribution in [3.05, 3.63) is 100 Å². The molecule has 5 rings (SSSR count). The van der Waals surface area contributed by atoms with Crippen LogP contribution in [0.1, 0.15) is 22.9 Å². The molecule has 0 aliphatic heterocycles. The molecule has 0 amide bonds. The van der Waals surface area contributed by atoms with Gasteiger partial charge in [0.25, 0.3) is 0 Å². The Labute approximate surface area is 232 Å². The largest absolute Gasteiger partial charge is 0.408 e. The van der Waals surface area contributed by atoms with E-state index in [9.17, 15) is 31.6 Å². The first kappa shape index (κ1) is 27.7. The molecule has 0 spiro atoms. The van der Waals surface area contributed by atoms with Crippen molar-refractivity contribution in [1.82, 2.24) is 25.0 Å². The summed E-state index contributed by atoms with van der Waals surface area (Å²) in [6.45, 7) is -1.37. The number of pyridine rings is 2. The maximum atomic E-state index is 13.8. The Morgan fingerprint density at radius 3 is 2.44 bits per heavy atom. The monoisotopic (exact) mass is 588 g/mol. The second-order valence-electron chi connectivity index (χ2n) is 8.72. The molecule has 0 saturated heterocycles. The number of nitrogens with one attached hydrogen (secondary N) is 2. The molecule has 208 valence electrons. The fourth-order valence-electron chi connectivity index (χ4n) is 4.05. The molecule has 3 aromatic heterocycles. The molecule has 1 atom stereocenters. The molecule has 41 heavy (non-hydrogen) atoms. The van der Waals surface area contributed by atoms with E-state index < -0.39 is 36.3 Å². The highest BCUT2D eigenvalue weighted by Gasteiger charge is 2.29. The van der Waals surface area contributed by atoms with Crippen molar-refractivity contribution in [2.75, 3.05) is 10.6 Å². The molecule has 15 heteroatoms. The minimum atomic E-state index is -4.53. The summed E-state index contributed by atoms with van der Waals surface area (Å²) >= 11 is 6.51. The lowest BCUT2D eigenvalue weighted by atomic mass is 10.0. The van der Waals surface area contributed by atoms with Crippen LogP contribution in [0.2, 0.25) is 5.02 Å². The smallest absolute Gasteiger partial charge is 0.373 e. The van der Waals surface area contributed by atoms with Gasteiger partial charge in [-0.3, -0.25) is 4.98 Å². The number of nitriles is 1. The van der Waals surface area contributed by atoms with Crippen molar-refractivity contribution in [2.24, 2.45) is 0 Å². The van der Waals surface area contributed by atoms with E-state index in [1.807, 2.05) is 6.07 Å². The molecule has 2 N–H and O–H groups in total. The zero-order chi connectivity index (χ0) is 29.3. The first-order chi connectivity index (χ1) is 19.5. The van der Waals surface area contributed by atoms with E-state index in [0.29, 0.717) is 21.3 Å². The van der Waals surface area contributed by atoms with Crippen LogP contribution in [0, 0.1) is 28.9 Å². The summed E-state index contributed by atoms with van der Waals surface area (Å²) in [5.74, 6) is -3.04. The SMILES string of the molecule is N#Cc1cnc2c(Cl)cc(N[C@@H](c3ccc(F)cc3)c3cn(CC(F)(F)F)nn3)cc2c1Nc1cnc(F)c(F)c1. The van der Waals surface area contributed by atoms with E-state index in [1.165, 1.54) is 36.5 Å². The van der Waals surface area contributed by atoms with E-state index >= 15 is 0 Å². The Morgan fingerprint density at radius 2 is 1.76 bits per heavy atom. The van der Waals surface area contributed by atoms with Crippen LogP contribution in [0.5, 0.6) is 0 Å². The first-order valence-corrected chi connectivity index (χ1v) is 12.0. The Hall–Kier alpha value is -4.90. The number of halogens is 7. The van der Waals surface area contributed by atoms with Crippen LogP contribution in [0.4, 0.5) is 43.4 Å². The topological polar surface area (TPSA) is 104 Å². The minimum absolute atomic E-state index is 0.0350. The van der Waals surface area contributed by atoms with Crippen LogP contribution in [-0.2, 0) is 6.54 Å². The van der Waals surface area contributed by atoms with Crippen molar-refractivity contribution >= 4 is 39.6 Å². The highest BCUT2D eigenvalue weighted by Crippen LogP contribution is 2.37. The molecule has 0 fully saturated rings. The predicted molar refractivity (Wildman–Crippen MR) is 137 cm³/mol. The average molecular weight is 589 g/mol. The maximum Gasteiger partial charge on any atom is 0.408 e. The van der Waals surface area contributed by atoms with Crippen LogP contribution in [0.3, 0.4) is 0 Å². The fourth-order valence-corrected chi connectivity index (χ4v) is 4.32. The predicted octanol–water partition coefficient (Wildman–Crippen LogP) is 6.67. The molecular formula is C26H15ClF6N8. The molecule has 8 nitrogen and oxygen atoms in total. The molecule has 0 aliphatic carbocycles. The summed E-state index contributed by atoms with van der Waals surface area (Å²) in [5, 5.41) is 23.5. The molecule has 5 aromatic rings. The lowest BCUT2D eigenvalue weighted by Crippen LogP contribution is -2.18. The van der Waals surface area contributed by atoms with Gasteiger partial charge in [0.05, 0.1) is 45.9 Å². The van der Waals surface area contributed by atoms with Gasteiger partial charge < -0.3 is 10.6 Å². The zero-order valence-electron chi connectivity index (χ0n) is 20.4. The van der Waals surface area contributed by atoms with E-state index in [2.05, 4.69) is 30.9 Å². The number of nitrogens with zero attached hydrogens (tertiary/aromatic N) is 6. The summed E-state index contributed by atoms with van der Waals surface area (Å²) in [7, 11) is 0. The van der Waals surface area contributed by atoms with E-state index in [1.54, 1.807) is 6.07 Å². The number of fused-ring (bicyclic) bond motifs is 1. The second kappa shape index (κ2) is 10.9. The normalized spacial score (nSPS) is 12.2. The third-order valence-electron chi connectivity index (χ3n) is 5.82. The van der Waals surface area contributed by atoms with Gasteiger partial charge in [0.1, 0.15) is 24.1 Å². The minimum Gasteiger partial charge on any atom is -0.373 e. The van der Waals surface area contributed by atoms with Crippen LogP contribution < -0.4 is 10.6 Å². The Morgan fingerprint density at radius 1 is 1.00 bits per heavy atom. The Bertz CT molecular complexity index is 1780. The van der Waals surface area contributed by atoms with Crippen molar-refractivity contribution < 1.29 is 26.3 Å². The van der Waals surface area contributed by atoms with E-state index in [0.717, 1.165) is 18.5 Å². The number of hydrogen-bond donors (Lipinski definition) is 2. The van der Waals surface area contributed by atoms with Crippen LogP contribution in [-0.4, -0.2) is 31.1 Å². The van der Waals surface area contributed by atoms with Gasteiger partial charge in [-0.05, 0) is 29.8 Å². The summed E-state index contributed by atoms with van der Waals surface area (Å²) < 4.78 is 80.2. The molecule has 3 heterocycles. The summed E-state index contributed by atoms with van der Waals surface area (Å²) in [6.07, 6.45) is -1.15. The van der Waals surface area contributed by atoms with E-state index in [-0.39, 0.29) is 33.2 Å². The molecule has 0 saturated carbocycles. The van der Waals surface area contributed by atoms with Gasteiger partial charge in [0.2, 0.25) is 5.95 Å². The second-order valence-corrected chi connectivity index (χ2v) is 9.13. The average Bonchev–Trinajstić information content (AvgIpc) is 3.37. The molecule has 0 bridgehead atoms. The zero-order valence-corrected chi connectivity index (χ0v) is 21.1. The summed E-state index contributed by atoms with van der Waals surface area (Å²) in [5.41, 5.74) is 1.33. The van der Waals surface area contributed by atoms with Gasteiger partial charge >= 0.3 is 6.18 Å². The van der Waals surface area contributed by atoms with Gasteiger partial charge in [0, 0.05) is 23.3 Å². The lowest BCUT2D eigenvalue weighted by molar-refractivity contribution is -0.142. The Balaban J connectivity index is 1.59. The highest BCUT2D eigenvalue weighted by molar-refractivity contribution is 6.36. The third kappa shape index (κ3) is 6.15. The third-order valence-corrected chi connectivity index (χ3v) is 6.11. The number of aromatic nitrogens is 5. The highest BCUT2D eigenvalue weighted by atomic mass is 35.5. The fraction of sp³-hybridized carbons (Fsp3) is 0.115. The van der Waals surface area contributed by atoms with Crippen molar-refractivity contribution in [3.8, 4) is 6.07 Å². The van der Waals surface area contributed by atoms with Gasteiger partial charge in [-0.15, -0.1) is 5.10 Å². The maximum absolute atomic E-state index is 13.8. The molecular weight excluding hydrogens is 574 g/mol. The van der Waals surface area contributed by atoms with Crippen LogP contribution >= 0.6 is 11.6 Å². The van der Waals surface area contributed by atoms with Crippen molar-refractivity contribution in [2.45, 2.75) is 18.8 Å². The summed E-state index contributed by atoms with van der Waals surface area (Å²) in [4.78, 5) is 7.55. The quantitative estimate of drug-likeness (QED) is 0.162. The van der Waals surface area contributed by atoms with E-state index in [4.69, 9.17) is 11.6 Å². The number of anilines is 3. The number of benzene rings is 2. The summed E-state index contributed by atoms with van der Waals surface area (Å²) in [6, 6.07) is 10.2. The van der Waals surface area contributed by atoms with Crippen LogP contribution in [0.25, 0.3) is 10.9 Å². The lowest BCUT2D eigenvalue weighted by Gasteiger charge is -2.20. The number of rotatable bonds is 7. The number of alkyl halides is 3. The van der Waals surface area contributed by atoms with Crippen LogP contribution in [0.15, 0.2) is 61.1 Å². The van der Waals surface area contributed by atoms with Gasteiger partial charge in [-0.1, -0.05) is 28.9 Å². The van der Waals surface area contributed by atoms with Crippen molar-refractivity contribution in [1.29, 1.82) is 5.26 Å². The first-order valence-electron chi connectivity index (χ1n) is 11.6. The van der Waals surface area contributed by atoms with Crippen molar-refractivity contribution in [3.63, 3.8) is 0 Å². The standard InChI is InChI=1S/C26H15ClF6N8/c27-19-6-16(5-18-22(14(8-34)9-35-24(18)19)38-17-7-20(29)25(30)36-10-17)37-23(13-1-3-15(28)4-2-13)21-11-41(40-39-21)12-26(31,32)33/h1-7,9-11,23,37H,12H2,(H,35,38)/t23-/m0/s1. The van der Waals surface area contributed by atoms with Gasteiger partial charge in [-0.2, -0.15) is 22.8 Å². The number of hydrogen-bond acceptors (Lipinski definition) is 7. The van der Waals surface area contributed by atoms with Gasteiger partial charge in [-0.25, -0.2) is 18.4 Å².